The number of esters is 1. The summed E-state index contributed by atoms with van der Waals surface area (Å²) in [4.78, 5) is 47.6. The molecule has 0 saturated carbocycles. The maximum atomic E-state index is 12.2. The smallest absolute Gasteiger partial charge is 0.307 e. The van der Waals surface area contributed by atoms with Gasteiger partial charge in [-0.25, -0.2) is 0 Å². The molecular weight excluding hydrogens is 384 g/mol. The fourth-order valence-corrected chi connectivity index (χ4v) is 2.35. The number of halogens is 1. The van der Waals surface area contributed by atoms with Gasteiger partial charge in [0.05, 0.1) is 6.42 Å². The molecule has 146 valence electrons. The zero-order chi connectivity index (χ0) is 20.5. The van der Waals surface area contributed by atoms with E-state index in [2.05, 4.69) is 10.9 Å². The van der Waals surface area contributed by atoms with Crippen molar-refractivity contribution in [2.24, 2.45) is 0 Å². The summed E-state index contributed by atoms with van der Waals surface area (Å²) in [6.45, 7) is 1.45. The van der Waals surface area contributed by atoms with Crippen LogP contribution in [0.5, 0.6) is 0 Å². The molecule has 2 aromatic rings. The van der Waals surface area contributed by atoms with E-state index >= 15 is 0 Å². The molecule has 2 rings (SSSR count). The van der Waals surface area contributed by atoms with Crippen LogP contribution in [-0.4, -0.2) is 29.7 Å². The number of hydrazine groups is 1. The van der Waals surface area contributed by atoms with Gasteiger partial charge in [-0.15, -0.1) is 0 Å². The summed E-state index contributed by atoms with van der Waals surface area (Å²) in [6.07, 6.45) is -1.42. The Morgan fingerprint density at radius 2 is 1.54 bits per heavy atom. The van der Waals surface area contributed by atoms with E-state index in [1.807, 2.05) is 0 Å². The topological polar surface area (TPSA) is 102 Å². The number of carbonyl (C=O) groups is 4. The molecule has 1 atom stereocenters. The van der Waals surface area contributed by atoms with Crippen molar-refractivity contribution in [3.05, 3.63) is 70.7 Å². The van der Waals surface area contributed by atoms with Crippen LogP contribution in [0.4, 0.5) is 0 Å². The van der Waals surface area contributed by atoms with Crippen LogP contribution in [0.25, 0.3) is 0 Å². The van der Waals surface area contributed by atoms with Crippen molar-refractivity contribution in [3.8, 4) is 0 Å². The molecule has 0 aliphatic carbocycles. The molecule has 0 fully saturated rings. The lowest BCUT2D eigenvalue weighted by molar-refractivity contribution is -0.147. The standard InChI is InChI=1S/C20H19ClN2O5/c1-13(19(26)14-7-9-16(21)10-8-14)28-18(25)12-11-17(24)22-23-20(27)15-5-3-2-4-6-15/h2-10,13H,11-12H2,1H3,(H,22,24)(H,23,27). The molecule has 0 radical (unpaired) electrons. The normalized spacial score (nSPS) is 11.2. The highest BCUT2D eigenvalue weighted by atomic mass is 35.5. The number of amides is 2. The highest BCUT2D eigenvalue weighted by Crippen LogP contribution is 2.12. The molecule has 0 saturated heterocycles. The van der Waals surface area contributed by atoms with Crippen molar-refractivity contribution in [1.82, 2.24) is 10.9 Å². The van der Waals surface area contributed by atoms with Gasteiger partial charge in [0.25, 0.3) is 5.91 Å². The highest BCUT2D eigenvalue weighted by molar-refractivity contribution is 6.30. The van der Waals surface area contributed by atoms with Crippen LogP contribution in [0.3, 0.4) is 0 Å². The summed E-state index contributed by atoms with van der Waals surface area (Å²) in [5.74, 6) is -2.10. The summed E-state index contributed by atoms with van der Waals surface area (Å²) in [6, 6.07) is 14.6. The van der Waals surface area contributed by atoms with Gasteiger partial charge in [-0.3, -0.25) is 30.0 Å². The minimum Gasteiger partial charge on any atom is -0.454 e. The maximum Gasteiger partial charge on any atom is 0.307 e. The molecule has 28 heavy (non-hydrogen) atoms. The van der Waals surface area contributed by atoms with Gasteiger partial charge in [0.1, 0.15) is 0 Å². The fourth-order valence-electron chi connectivity index (χ4n) is 2.22. The number of benzene rings is 2. The first-order valence-corrected chi connectivity index (χ1v) is 8.88. The average molecular weight is 403 g/mol. The second kappa shape index (κ2) is 10.2. The Morgan fingerprint density at radius 1 is 0.893 bits per heavy atom. The van der Waals surface area contributed by atoms with Crippen LogP contribution in [0, 0.1) is 0 Å². The van der Waals surface area contributed by atoms with E-state index in [9.17, 15) is 19.2 Å². The lowest BCUT2D eigenvalue weighted by atomic mass is 10.1. The number of hydrogen-bond acceptors (Lipinski definition) is 5. The Bertz CT molecular complexity index is 853. The van der Waals surface area contributed by atoms with E-state index in [1.54, 1.807) is 42.5 Å². The third-order valence-corrected chi connectivity index (χ3v) is 3.97. The quantitative estimate of drug-likeness (QED) is 0.421. The number of hydrogen-bond donors (Lipinski definition) is 2. The Kier molecular flexibility index (Phi) is 7.71. The average Bonchev–Trinajstić information content (AvgIpc) is 2.71. The summed E-state index contributed by atoms with van der Waals surface area (Å²) < 4.78 is 5.05. The number of ketones is 1. The Morgan fingerprint density at radius 3 is 2.18 bits per heavy atom. The van der Waals surface area contributed by atoms with E-state index in [4.69, 9.17) is 16.3 Å². The molecule has 0 bridgehead atoms. The van der Waals surface area contributed by atoms with Gasteiger partial charge in [-0.2, -0.15) is 0 Å². The van der Waals surface area contributed by atoms with Crippen LogP contribution >= 0.6 is 11.6 Å². The molecule has 0 heterocycles. The molecule has 0 aromatic heterocycles. The molecule has 8 heteroatoms. The second-order valence-corrected chi connectivity index (χ2v) is 6.31. The number of rotatable bonds is 7. The molecule has 1 unspecified atom stereocenters. The monoisotopic (exact) mass is 402 g/mol. The predicted molar refractivity (Wildman–Crippen MR) is 103 cm³/mol. The number of carbonyl (C=O) groups excluding carboxylic acids is 4. The van der Waals surface area contributed by atoms with Gasteiger partial charge >= 0.3 is 5.97 Å². The van der Waals surface area contributed by atoms with Gasteiger partial charge in [-0.1, -0.05) is 29.8 Å². The highest BCUT2D eigenvalue weighted by Gasteiger charge is 2.20. The largest absolute Gasteiger partial charge is 0.454 e. The number of Topliss-reactive ketones (excluding diaryl/α,β-unsaturated/α-hetero) is 1. The first kappa shape index (κ1) is 21.1. The van der Waals surface area contributed by atoms with Gasteiger partial charge in [0.15, 0.2) is 6.10 Å². The van der Waals surface area contributed by atoms with E-state index in [0.717, 1.165) is 0 Å². The van der Waals surface area contributed by atoms with Crippen molar-refractivity contribution in [2.45, 2.75) is 25.9 Å². The minimum absolute atomic E-state index is 0.199. The van der Waals surface area contributed by atoms with Crippen LogP contribution < -0.4 is 10.9 Å². The predicted octanol–water partition coefficient (Wildman–Crippen LogP) is 2.70. The molecule has 7 nitrogen and oxygen atoms in total. The summed E-state index contributed by atoms with van der Waals surface area (Å²) >= 11 is 5.77. The van der Waals surface area contributed by atoms with Crippen molar-refractivity contribution in [2.75, 3.05) is 0 Å². The lowest BCUT2D eigenvalue weighted by Gasteiger charge is -2.12. The Hall–Kier alpha value is -3.19. The van der Waals surface area contributed by atoms with Gasteiger partial charge < -0.3 is 4.74 Å². The molecule has 0 aliphatic rings. The maximum absolute atomic E-state index is 12.2. The van der Waals surface area contributed by atoms with E-state index in [0.29, 0.717) is 16.1 Å². The number of ether oxygens (including phenoxy) is 1. The second-order valence-electron chi connectivity index (χ2n) is 5.87. The van der Waals surface area contributed by atoms with Crippen LogP contribution in [0.2, 0.25) is 5.02 Å². The van der Waals surface area contributed by atoms with Gasteiger partial charge in [-0.05, 0) is 43.3 Å². The zero-order valence-electron chi connectivity index (χ0n) is 15.1. The van der Waals surface area contributed by atoms with Crippen LogP contribution in [-0.2, 0) is 14.3 Å². The summed E-state index contributed by atoms with van der Waals surface area (Å²) in [5.41, 5.74) is 5.22. The number of nitrogens with one attached hydrogen (secondary N) is 2. The SMILES string of the molecule is CC(OC(=O)CCC(=O)NNC(=O)c1ccccc1)C(=O)c1ccc(Cl)cc1. The Balaban J connectivity index is 1.72. The first-order valence-electron chi connectivity index (χ1n) is 8.50. The van der Waals surface area contributed by atoms with E-state index in [1.165, 1.54) is 19.1 Å². The summed E-state index contributed by atoms with van der Waals surface area (Å²) in [7, 11) is 0. The lowest BCUT2D eigenvalue weighted by Crippen LogP contribution is -2.41. The molecular formula is C20H19ClN2O5. The van der Waals surface area contributed by atoms with Gasteiger partial charge in [0, 0.05) is 22.6 Å². The van der Waals surface area contributed by atoms with Crippen LogP contribution in [0.1, 0.15) is 40.5 Å². The Labute approximate surface area is 167 Å². The first-order chi connectivity index (χ1) is 13.4. The van der Waals surface area contributed by atoms with Crippen LogP contribution in [0.15, 0.2) is 54.6 Å². The van der Waals surface area contributed by atoms with Crippen molar-refractivity contribution >= 4 is 35.2 Å². The van der Waals surface area contributed by atoms with E-state index in [-0.39, 0.29) is 18.6 Å². The molecule has 2 aromatic carbocycles. The third kappa shape index (κ3) is 6.51. The van der Waals surface area contributed by atoms with Crippen molar-refractivity contribution in [1.29, 1.82) is 0 Å². The van der Waals surface area contributed by atoms with Crippen molar-refractivity contribution in [3.63, 3.8) is 0 Å². The molecule has 2 N–H and O–H groups in total. The molecule has 0 spiro atoms. The third-order valence-electron chi connectivity index (χ3n) is 3.71. The molecule has 0 aliphatic heterocycles. The summed E-state index contributed by atoms with van der Waals surface area (Å²) in [5, 5.41) is 0.492. The van der Waals surface area contributed by atoms with Crippen molar-refractivity contribution < 1.29 is 23.9 Å². The minimum atomic E-state index is -0.991. The van der Waals surface area contributed by atoms with Gasteiger partial charge in [0.2, 0.25) is 11.7 Å². The van der Waals surface area contributed by atoms with E-state index < -0.39 is 23.9 Å². The zero-order valence-corrected chi connectivity index (χ0v) is 15.9. The fraction of sp³-hybridized carbons (Fsp3) is 0.200. The molecule has 2 amide bonds.